The summed E-state index contributed by atoms with van der Waals surface area (Å²) < 4.78 is 6.23. The minimum absolute atomic E-state index is 0.894. The van der Waals surface area contributed by atoms with E-state index in [-0.39, 0.29) is 0 Å². The van der Waals surface area contributed by atoms with Crippen molar-refractivity contribution in [1.29, 1.82) is 0 Å². The molecule has 8 aromatic rings. The second kappa shape index (κ2) is 11.9. The van der Waals surface area contributed by atoms with Crippen molar-refractivity contribution in [3.05, 3.63) is 187 Å². The normalized spacial score (nSPS) is 13.1. The lowest BCUT2D eigenvalue weighted by atomic mass is 9.88. The van der Waals surface area contributed by atoms with E-state index in [0.717, 1.165) is 51.8 Å². The predicted molar refractivity (Wildman–Crippen MR) is 203 cm³/mol. The van der Waals surface area contributed by atoms with E-state index in [2.05, 4.69) is 169 Å². The zero-order valence-corrected chi connectivity index (χ0v) is 26.5. The largest absolute Gasteiger partial charge is 0.456 e. The third-order valence-electron chi connectivity index (χ3n) is 9.55. The first kappa shape index (κ1) is 28.1. The van der Waals surface area contributed by atoms with Gasteiger partial charge < -0.3 is 9.32 Å². The molecule has 7 aromatic carbocycles. The van der Waals surface area contributed by atoms with Gasteiger partial charge in [-0.2, -0.15) is 0 Å². The Kier molecular flexibility index (Phi) is 6.98. The van der Waals surface area contributed by atoms with Gasteiger partial charge in [-0.25, -0.2) is 0 Å². The van der Waals surface area contributed by atoms with Gasteiger partial charge in [-0.1, -0.05) is 133 Å². The Labute approximate surface area is 280 Å². The first-order valence-electron chi connectivity index (χ1n) is 16.7. The highest BCUT2D eigenvalue weighted by Crippen LogP contribution is 2.44. The van der Waals surface area contributed by atoms with Crippen LogP contribution < -0.4 is 4.90 Å². The molecule has 0 saturated carbocycles. The van der Waals surface area contributed by atoms with Crippen LogP contribution in [0.5, 0.6) is 0 Å². The summed E-state index contributed by atoms with van der Waals surface area (Å²) >= 11 is 0. The van der Waals surface area contributed by atoms with Crippen molar-refractivity contribution >= 4 is 60.9 Å². The van der Waals surface area contributed by atoms with Gasteiger partial charge in [0.15, 0.2) is 0 Å². The number of fused-ring (bicyclic) bond motifs is 4. The quantitative estimate of drug-likeness (QED) is 0.185. The molecular weight excluding hydrogens is 583 g/mol. The summed E-state index contributed by atoms with van der Waals surface area (Å²) in [4.78, 5) is 2.40. The van der Waals surface area contributed by atoms with Gasteiger partial charge in [0.1, 0.15) is 11.2 Å². The van der Waals surface area contributed by atoms with E-state index in [0.29, 0.717) is 0 Å². The molecule has 1 aliphatic rings. The molecule has 0 saturated heterocycles. The lowest BCUT2D eigenvalue weighted by molar-refractivity contribution is 0.669. The molecule has 48 heavy (non-hydrogen) atoms. The molecular formula is C46H33NO. The molecule has 0 amide bonds. The average molecular weight is 616 g/mol. The van der Waals surface area contributed by atoms with Crippen molar-refractivity contribution < 1.29 is 4.42 Å². The number of anilines is 3. The van der Waals surface area contributed by atoms with Crippen molar-refractivity contribution in [3.8, 4) is 11.1 Å². The van der Waals surface area contributed by atoms with E-state index in [9.17, 15) is 0 Å². The number of rotatable bonds is 6. The van der Waals surface area contributed by atoms with Gasteiger partial charge in [-0.15, -0.1) is 0 Å². The molecule has 2 nitrogen and oxygen atoms in total. The summed E-state index contributed by atoms with van der Waals surface area (Å²) in [5, 5.41) is 4.82. The van der Waals surface area contributed by atoms with Gasteiger partial charge in [-0.3, -0.25) is 0 Å². The first-order chi connectivity index (χ1) is 23.8. The van der Waals surface area contributed by atoms with Crippen LogP contribution in [0.25, 0.3) is 55.0 Å². The molecule has 0 spiro atoms. The molecule has 0 radical (unpaired) electrons. The number of furan rings is 1. The van der Waals surface area contributed by atoms with Gasteiger partial charge in [0, 0.05) is 27.7 Å². The Hall–Kier alpha value is -6.12. The fraction of sp³-hybridized carbons (Fsp3) is 0.0435. The number of nitrogens with zero attached hydrogens (tertiary/aromatic N) is 1. The smallest absolute Gasteiger partial charge is 0.135 e. The summed E-state index contributed by atoms with van der Waals surface area (Å²) in [6.45, 7) is 0. The Morgan fingerprint density at radius 2 is 1.15 bits per heavy atom. The molecule has 1 aliphatic carbocycles. The molecule has 0 atom stereocenters. The molecule has 0 N–H and O–H groups in total. The minimum atomic E-state index is 0.894. The fourth-order valence-electron chi connectivity index (χ4n) is 7.23. The van der Waals surface area contributed by atoms with Crippen molar-refractivity contribution in [1.82, 2.24) is 0 Å². The van der Waals surface area contributed by atoms with Crippen LogP contribution in [0.4, 0.5) is 17.1 Å². The van der Waals surface area contributed by atoms with Crippen molar-refractivity contribution in [3.63, 3.8) is 0 Å². The van der Waals surface area contributed by atoms with E-state index in [1.165, 1.54) is 44.2 Å². The highest BCUT2D eigenvalue weighted by atomic mass is 16.3. The fourth-order valence-corrected chi connectivity index (χ4v) is 7.23. The SMILES string of the molecule is C1=C(c2ccccc2N(c2ccc(-c3ccccc3)cc2)c2ccc3oc4ccccc4c3c2)C=C(c2cccc3ccccc23)CC1. The second-order valence-corrected chi connectivity index (χ2v) is 12.4. The molecule has 1 aromatic heterocycles. The topological polar surface area (TPSA) is 16.4 Å². The van der Waals surface area contributed by atoms with Crippen LogP contribution >= 0.6 is 0 Å². The summed E-state index contributed by atoms with van der Waals surface area (Å²) in [6.07, 6.45) is 6.83. The van der Waals surface area contributed by atoms with Crippen LogP contribution in [0.3, 0.4) is 0 Å². The number of para-hydroxylation sites is 2. The highest BCUT2D eigenvalue weighted by molar-refractivity contribution is 6.07. The van der Waals surface area contributed by atoms with Gasteiger partial charge >= 0.3 is 0 Å². The Morgan fingerprint density at radius 3 is 2.04 bits per heavy atom. The van der Waals surface area contributed by atoms with Gasteiger partial charge in [0.25, 0.3) is 0 Å². The zero-order chi connectivity index (χ0) is 31.9. The number of hydrogen-bond donors (Lipinski definition) is 0. The van der Waals surface area contributed by atoms with Crippen LogP contribution in [0, 0.1) is 0 Å². The lowest BCUT2D eigenvalue weighted by Gasteiger charge is -2.29. The monoisotopic (exact) mass is 615 g/mol. The van der Waals surface area contributed by atoms with Crippen LogP contribution in [0.1, 0.15) is 24.0 Å². The van der Waals surface area contributed by atoms with Crippen LogP contribution in [-0.4, -0.2) is 0 Å². The van der Waals surface area contributed by atoms with Crippen molar-refractivity contribution in [2.24, 2.45) is 0 Å². The summed E-state index contributed by atoms with van der Waals surface area (Å²) in [7, 11) is 0. The van der Waals surface area contributed by atoms with E-state index in [4.69, 9.17) is 4.42 Å². The molecule has 228 valence electrons. The summed E-state index contributed by atoms with van der Waals surface area (Å²) in [5.74, 6) is 0. The van der Waals surface area contributed by atoms with Crippen molar-refractivity contribution in [2.75, 3.05) is 4.90 Å². The summed E-state index contributed by atoms with van der Waals surface area (Å²) in [5.41, 5.74) is 12.7. The number of benzene rings is 7. The molecule has 9 rings (SSSR count). The van der Waals surface area contributed by atoms with E-state index in [1.54, 1.807) is 0 Å². The molecule has 0 bridgehead atoms. The predicted octanol–water partition coefficient (Wildman–Crippen LogP) is 13.1. The Bertz CT molecular complexity index is 2490. The van der Waals surface area contributed by atoms with Gasteiger partial charge in [0.05, 0.1) is 5.69 Å². The third-order valence-corrected chi connectivity index (χ3v) is 9.55. The number of allylic oxidation sites excluding steroid dienone is 4. The molecule has 2 heteroatoms. The third kappa shape index (κ3) is 4.99. The van der Waals surface area contributed by atoms with Crippen LogP contribution in [0.15, 0.2) is 180 Å². The average Bonchev–Trinajstić information content (AvgIpc) is 3.54. The van der Waals surface area contributed by atoms with Gasteiger partial charge in [-0.05, 0) is 93.9 Å². The molecule has 1 heterocycles. The molecule has 0 aliphatic heterocycles. The second-order valence-electron chi connectivity index (χ2n) is 12.4. The van der Waals surface area contributed by atoms with Crippen LogP contribution in [-0.2, 0) is 0 Å². The maximum absolute atomic E-state index is 6.23. The van der Waals surface area contributed by atoms with Crippen molar-refractivity contribution in [2.45, 2.75) is 12.8 Å². The lowest BCUT2D eigenvalue weighted by Crippen LogP contribution is -2.12. The standard InChI is InChI=1S/C46H33NO/c1-2-12-32(13-3-1)33-24-26-37(27-25-33)47(38-28-29-46-43(31-38)42-20-7-9-23-45(42)48-46)44-22-8-6-19-41(44)36-17-10-16-35(30-36)40-21-11-15-34-14-4-5-18-39(34)40/h1-9,11-15,17-31H,10,16H2. The van der Waals surface area contributed by atoms with E-state index in [1.807, 2.05) is 12.1 Å². The minimum Gasteiger partial charge on any atom is -0.456 e. The highest BCUT2D eigenvalue weighted by Gasteiger charge is 2.21. The summed E-state index contributed by atoms with van der Waals surface area (Å²) in [6, 6.07) is 58.5. The Balaban J connectivity index is 1.20. The van der Waals surface area contributed by atoms with E-state index >= 15 is 0 Å². The molecule has 0 unspecified atom stereocenters. The number of hydrogen-bond acceptors (Lipinski definition) is 2. The first-order valence-corrected chi connectivity index (χ1v) is 16.7. The zero-order valence-electron chi connectivity index (χ0n) is 26.5. The van der Waals surface area contributed by atoms with Crippen LogP contribution in [0.2, 0.25) is 0 Å². The Morgan fingerprint density at radius 1 is 0.479 bits per heavy atom. The molecule has 0 fully saturated rings. The maximum atomic E-state index is 6.23. The van der Waals surface area contributed by atoms with Gasteiger partial charge in [0.2, 0.25) is 0 Å². The van der Waals surface area contributed by atoms with E-state index < -0.39 is 0 Å². The maximum Gasteiger partial charge on any atom is 0.135 e.